The lowest BCUT2D eigenvalue weighted by Gasteiger charge is -1.98. The Hall–Kier alpha value is -1.16. The van der Waals surface area contributed by atoms with Crippen LogP contribution >= 0.6 is 15.9 Å². The van der Waals surface area contributed by atoms with Crippen LogP contribution in [0.3, 0.4) is 0 Å². The smallest absolute Gasteiger partial charge is 0.240 e. The van der Waals surface area contributed by atoms with Crippen LogP contribution in [0.25, 0.3) is 0 Å². The lowest BCUT2D eigenvalue weighted by Crippen LogP contribution is -2.16. The highest BCUT2D eigenvalue weighted by atomic mass is 79.9. The van der Waals surface area contributed by atoms with Gasteiger partial charge in [-0.3, -0.25) is 4.79 Å². The predicted octanol–water partition coefficient (Wildman–Crippen LogP) is 3.48. The van der Waals surface area contributed by atoms with Crippen LogP contribution < -0.4 is 5.43 Å². The minimum Gasteiger partial charge on any atom is -0.273 e. The molecule has 0 saturated carbocycles. The first-order chi connectivity index (χ1) is 8.22. The topological polar surface area (TPSA) is 41.5 Å². The highest BCUT2D eigenvalue weighted by molar-refractivity contribution is 9.10. The van der Waals surface area contributed by atoms with Crippen molar-refractivity contribution < 1.29 is 4.79 Å². The molecule has 0 aliphatic rings. The number of carbonyl (C=O) groups is 1. The second kappa shape index (κ2) is 8.01. The summed E-state index contributed by atoms with van der Waals surface area (Å²) in [5.41, 5.74) is 3.48. The molecule has 3 nitrogen and oxygen atoms in total. The van der Waals surface area contributed by atoms with E-state index in [-0.39, 0.29) is 5.91 Å². The molecular formula is C13H17BrN2O. The summed E-state index contributed by atoms with van der Waals surface area (Å²) in [7, 11) is 0. The molecule has 0 atom stereocenters. The van der Waals surface area contributed by atoms with Gasteiger partial charge >= 0.3 is 0 Å². The van der Waals surface area contributed by atoms with Gasteiger partial charge in [-0.1, -0.05) is 47.8 Å². The first-order valence-corrected chi connectivity index (χ1v) is 6.59. The Morgan fingerprint density at radius 2 is 2.06 bits per heavy atom. The van der Waals surface area contributed by atoms with E-state index >= 15 is 0 Å². The summed E-state index contributed by atoms with van der Waals surface area (Å²) in [5, 5.41) is 3.91. The van der Waals surface area contributed by atoms with E-state index in [4.69, 9.17) is 0 Å². The van der Waals surface area contributed by atoms with Gasteiger partial charge in [0, 0.05) is 10.9 Å². The van der Waals surface area contributed by atoms with E-state index in [0.717, 1.165) is 29.3 Å². The number of nitrogens with one attached hydrogen (secondary N) is 1. The number of unbranched alkanes of at least 4 members (excludes halogenated alkanes) is 2. The van der Waals surface area contributed by atoms with E-state index in [2.05, 4.69) is 33.4 Å². The molecule has 0 aliphatic carbocycles. The third kappa shape index (κ3) is 6.22. The third-order valence-electron chi connectivity index (χ3n) is 2.28. The maximum absolute atomic E-state index is 11.3. The third-order valence-corrected chi connectivity index (χ3v) is 2.81. The van der Waals surface area contributed by atoms with Gasteiger partial charge in [0.05, 0.1) is 6.21 Å². The van der Waals surface area contributed by atoms with Crippen molar-refractivity contribution in [2.24, 2.45) is 5.10 Å². The van der Waals surface area contributed by atoms with Gasteiger partial charge in [-0.05, 0) is 24.1 Å². The zero-order valence-corrected chi connectivity index (χ0v) is 11.5. The van der Waals surface area contributed by atoms with Crippen molar-refractivity contribution in [1.29, 1.82) is 0 Å². The van der Waals surface area contributed by atoms with Crippen LogP contribution in [0.1, 0.15) is 38.2 Å². The normalized spacial score (nSPS) is 10.7. The molecule has 0 aliphatic heterocycles. The molecule has 1 rings (SSSR count). The van der Waals surface area contributed by atoms with Crippen LogP contribution in [0.4, 0.5) is 0 Å². The van der Waals surface area contributed by atoms with Gasteiger partial charge in [0.15, 0.2) is 0 Å². The summed E-state index contributed by atoms with van der Waals surface area (Å²) < 4.78 is 1.03. The van der Waals surface area contributed by atoms with Crippen molar-refractivity contribution in [3.05, 3.63) is 34.3 Å². The molecule has 92 valence electrons. The van der Waals surface area contributed by atoms with Crippen LogP contribution in [0.5, 0.6) is 0 Å². The van der Waals surface area contributed by atoms with Gasteiger partial charge in [-0.15, -0.1) is 0 Å². The first kappa shape index (κ1) is 13.9. The minimum absolute atomic E-state index is 0.0215. The quantitative estimate of drug-likeness (QED) is 0.487. The van der Waals surface area contributed by atoms with Crippen LogP contribution in [-0.2, 0) is 4.79 Å². The van der Waals surface area contributed by atoms with E-state index in [0.29, 0.717) is 6.42 Å². The van der Waals surface area contributed by atoms with Crippen molar-refractivity contribution in [2.75, 3.05) is 0 Å². The molecule has 0 aromatic heterocycles. The second-order valence-corrected chi connectivity index (χ2v) is 4.72. The molecule has 17 heavy (non-hydrogen) atoms. The molecule has 1 N–H and O–H groups in total. The molecule has 1 aromatic carbocycles. The summed E-state index contributed by atoms with van der Waals surface area (Å²) in [4.78, 5) is 11.3. The van der Waals surface area contributed by atoms with E-state index in [1.165, 1.54) is 0 Å². The lowest BCUT2D eigenvalue weighted by atomic mass is 10.2. The largest absolute Gasteiger partial charge is 0.273 e. The maximum Gasteiger partial charge on any atom is 0.240 e. The SMILES string of the molecule is CCCCCC(=O)N/N=C/c1ccc(Br)cc1. The average Bonchev–Trinajstić information content (AvgIpc) is 2.32. The van der Waals surface area contributed by atoms with Gasteiger partial charge in [-0.2, -0.15) is 5.10 Å². The fraction of sp³-hybridized carbons (Fsp3) is 0.385. The van der Waals surface area contributed by atoms with Crippen molar-refractivity contribution in [1.82, 2.24) is 5.43 Å². The zero-order chi connectivity index (χ0) is 12.5. The maximum atomic E-state index is 11.3. The van der Waals surface area contributed by atoms with E-state index in [9.17, 15) is 4.79 Å². The van der Waals surface area contributed by atoms with Gasteiger partial charge in [0.2, 0.25) is 5.91 Å². The number of hydrogen-bond donors (Lipinski definition) is 1. The number of rotatable bonds is 6. The van der Waals surface area contributed by atoms with E-state index in [1.54, 1.807) is 6.21 Å². The summed E-state index contributed by atoms with van der Waals surface area (Å²) in [6, 6.07) is 7.72. The monoisotopic (exact) mass is 296 g/mol. The number of hydrazone groups is 1. The van der Waals surface area contributed by atoms with E-state index < -0.39 is 0 Å². The predicted molar refractivity (Wildman–Crippen MR) is 74.0 cm³/mol. The molecule has 4 heteroatoms. The van der Waals surface area contributed by atoms with Gasteiger partial charge in [0.1, 0.15) is 0 Å². The van der Waals surface area contributed by atoms with Crippen LogP contribution in [0.15, 0.2) is 33.8 Å². The number of carbonyl (C=O) groups excluding carboxylic acids is 1. The molecule has 0 bridgehead atoms. The second-order valence-electron chi connectivity index (χ2n) is 3.80. The summed E-state index contributed by atoms with van der Waals surface area (Å²) in [6.07, 6.45) is 5.32. The summed E-state index contributed by atoms with van der Waals surface area (Å²) in [5.74, 6) is -0.0215. The Bertz CT molecular complexity index is 374. The lowest BCUT2D eigenvalue weighted by molar-refractivity contribution is -0.121. The van der Waals surface area contributed by atoms with Crippen molar-refractivity contribution in [2.45, 2.75) is 32.6 Å². The summed E-state index contributed by atoms with van der Waals surface area (Å²) in [6.45, 7) is 2.11. The molecular weight excluding hydrogens is 280 g/mol. The van der Waals surface area contributed by atoms with Gasteiger partial charge in [-0.25, -0.2) is 5.43 Å². The van der Waals surface area contributed by atoms with E-state index in [1.807, 2.05) is 24.3 Å². The average molecular weight is 297 g/mol. The Morgan fingerprint density at radius 3 is 2.71 bits per heavy atom. The Morgan fingerprint density at radius 1 is 1.35 bits per heavy atom. The van der Waals surface area contributed by atoms with Crippen molar-refractivity contribution in [3.8, 4) is 0 Å². The summed E-state index contributed by atoms with van der Waals surface area (Å²) >= 11 is 3.36. The molecule has 1 aromatic rings. The number of halogens is 1. The molecule has 0 unspecified atom stereocenters. The van der Waals surface area contributed by atoms with Gasteiger partial charge < -0.3 is 0 Å². The highest BCUT2D eigenvalue weighted by Gasteiger charge is 1.97. The molecule has 0 spiro atoms. The van der Waals surface area contributed by atoms with Gasteiger partial charge in [0.25, 0.3) is 0 Å². The van der Waals surface area contributed by atoms with Crippen LogP contribution in [0, 0.1) is 0 Å². The Balaban J connectivity index is 2.29. The fourth-order valence-electron chi connectivity index (χ4n) is 1.32. The zero-order valence-electron chi connectivity index (χ0n) is 9.95. The number of nitrogens with zero attached hydrogens (tertiary/aromatic N) is 1. The van der Waals surface area contributed by atoms with Crippen LogP contribution in [-0.4, -0.2) is 12.1 Å². The van der Waals surface area contributed by atoms with Crippen molar-refractivity contribution in [3.63, 3.8) is 0 Å². The fourth-order valence-corrected chi connectivity index (χ4v) is 1.58. The Labute approximate surface area is 110 Å². The first-order valence-electron chi connectivity index (χ1n) is 5.80. The number of hydrogen-bond acceptors (Lipinski definition) is 2. The standard InChI is InChI=1S/C13H17BrN2O/c1-2-3-4-5-13(17)16-15-10-11-6-8-12(14)9-7-11/h6-10H,2-5H2,1H3,(H,16,17)/b15-10+. The molecule has 1 amide bonds. The molecule has 0 heterocycles. The number of amides is 1. The van der Waals surface area contributed by atoms with Crippen LogP contribution in [0.2, 0.25) is 0 Å². The molecule has 0 fully saturated rings. The minimum atomic E-state index is -0.0215. The number of benzene rings is 1. The molecule has 0 saturated heterocycles. The van der Waals surface area contributed by atoms with Crippen molar-refractivity contribution >= 4 is 28.1 Å². The Kier molecular flexibility index (Phi) is 6.55. The molecule has 0 radical (unpaired) electrons. The highest BCUT2D eigenvalue weighted by Crippen LogP contribution is 2.08.